The Morgan fingerprint density at radius 3 is 2.22 bits per heavy atom. The van der Waals surface area contributed by atoms with E-state index in [-0.39, 0.29) is 39.9 Å². The van der Waals surface area contributed by atoms with Crippen molar-refractivity contribution in [3.05, 3.63) is 11.6 Å². The molecule has 0 amide bonds. The predicted molar refractivity (Wildman–Crippen MR) is 170 cm³/mol. The molecule has 1 saturated heterocycles. The Morgan fingerprint density at radius 1 is 0.933 bits per heavy atom. The van der Waals surface area contributed by atoms with Crippen molar-refractivity contribution in [1.82, 2.24) is 0 Å². The highest BCUT2D eigenvalue weighted by Crippen LogP contribution is 2.76. The first-order valence-electron chi connectivity index (χ1n) is 17.4. The average molecular weight is 639 g/mol. The first-order chi connectivity index (χ1) is 20.8. The van der Waals surface area contributed by atoms with E-state index in [2.05, 4.69) is 54.5 Å². The Balaban J connectivity index is 1.54. The minimum Gasteiger partial charge on any atom is -0.394 e. The molecule has 9 heteroatoms. The van der Waals surface area contributed by atoms with Crippen molar-refractivity contribution in [1.29, 1.82) is 0 Å². The van der Waals surface area contributed by atoms with Crippen LogP contribution in [0.15, 0.2) is 11.6 Å². The predicted octanol–water partition coefficient (Wildman–Crippen LogP) is 3.30. The van der Waals surface area contributed by atoms with Gasteiger partial charge in [-0.3, -0.25) is 0 Å². The summed E-state index contributed by atoms with van der Waals surface area (Å²) in [5, 5.41) is 77.2. The Bertz CT molecular complexity index is 1100. The van der Waals surface area contributed by atoms with Crippen molar-refractivity contribution in [2.75, 3.05) is 6.61 Å². The van der Waals surface area contributed by atoms with Crippen LogP contribution in [0, 0.1) is 45.3 Å². The third kappa shape index (κ3) is 5.48. The molecule has 3 unspecified atom stereocenters. The molecule has 5 fully saturated rings. The summed E-state index contributed by atoms with van der Waals surface area (Å²) in [6.45, 7) is 16.6. The maximum absolute atomic E-state index is 12.1. The molecule has 0 radical (unpaired) electrons. The Kier molecular flexibility index (Phi) is 9.56. The van der Waals surface area contributed by atoms with E-state index < -0.39 is 66.6 Å². The van der Waals surface area contributed by atoms with Gasteiger partial charge in [0.15, 0.2) is 6.29 Å². The average Bonchev–Trinajstić information content (AvgIpc) is 3.33. The summed E-state index contributed by atoms with van der Waals surface area (Å²) in [5.41, 5.74) is -1.21. The van der Waals surface area contributed by atoms with E-state index in [0.717, 1.165) is 25.7 Å². The lowest BCUT2D eigenvalue weighted by Crippen LogP contribution is -2.71. The Labute approximate surface area is 270 Å². The summed E-state index contributed by atoms with van der Waals surface area (Å²) < 4.78 is 12.6. The van der Waals surface area contributed by atoms with Gasteiger partial charge in [-0.2, -0.15) is 0 Å². The van der Waals surface area contributed by atoms with Gasteiger partial charge in [0, 0.05) is 0 Å². The highest BCUT2D eigenvalue weighted by atomic mass is 16.7. The molecular formula is C36H62O9. The fourth-order valence-electron chi connectivity index (χ4n) is 11.9. The number of hydrogen-bond acceptors (Lipinski definition) is 9. The van der Waals surface area contributed by atoms with Crippen molar-refractivity contribution in [2.24, 2.45) is 45.3 Å². The maximum atomic E-state index is 12.1. The SMILES string of the molecule is CC(C)=CCC[C@@](C)(O)C1CC[C@]2(C)C1[C@H](O)CC1[C@@]3(C)CC[C@H](O)C(C)(C)[C@@H]3[C@@H](O[C@@H]3O[C@H](CO)[C@@H](O)[C@H](O)[C@H]3O)C[C@]12C. The molecule has 1 aliphatic heterocycles. The number of allylic oxidation sites excluding steroid dienone is 2. The van der Waals surface area contributed by atoms with E-state index in [1.54, 1.807) is 0 Å². The topological polar surface area (TPSA) is 160 Å². The number of fused-ring (bicyclic) bond motifs is 5. The van der Waals surface area contributed by atoms with Crippen LogP contribution in [-0.4, -0.2) is 97.0 Å². The third-order valence-corrected chi connectivity index (χ3v) is 14.4. The Morgan fingerprint density at radius 2 is 1.60 bits per heavy atom. The summed E-state index contributed by atoms with van der Waals surface area (Å²) >= 11 is 0. The van der Waals surface area contributed by atoms with Gasteiger partial charge in [0.1, 0.15) is 24.4 Å². The van der Waals surface area contributed by atoms with E-state index in [1.807, 2.05) is 6.92 Å². The summed E-state index contributed by atoms with van der Waals surface area (Å²) in [4.78, 5) is 0. The second-order valence-corrected chi connectivity index (χ2v) is 17.5. The van der Waals surface area contributed by atoms with Crippen molar-refractivity contribution < 1.29 is 45.2 Å². The van der Waals surface area contributed by atoms with Gasteiger partial charge in [-0.25, -0.2) is 0 Å². The standard InChI is InChI=1S/C36H62O9/c1-19(2)10-9-13-36(8,43)20-11-15-34(6)26(20)21(38)16-24-33(5)14-12-25(39)32(3,4)30(33)22(17-35(24,34)7)44-31-29(42)28(41)27(40)23(18-37)45-31/h10,20-31,37-43H,9,11-18H2,1-8H3/t20?,21-,22+,23-,24?,25+,26?,27-,28+,29-,30+,31-,33-,34-,35-,36-/m1/s1. The molecule has 5 rings (SSSR count). The highest BCUT2D eigenvalue weighted by molar-refractivity contribution is 5.22. The normalized spacial score (nSPS) is 52.2. The molecule has 0 bridgehead atoms. The van der Waals surface area contributed by atoms with Crippen LogP contribution in [0.4, 0.5) is 0 Å². The minimum atomic E-state index is -1.54. The first-order valence-corrected chi connectivity index (χ1v) is 17.4. The second-order valence-electron chi connectivity index (χ2n) is 17.5. The van der Waals surface area contributed by atoms with Gasteiger partial charge >= 0.3 is 0 Å². The maximum Gasteiger partial charge on any atom is 0.186 e. The largest absolute Gasteiger partial charge is 0.394 e. The van der Waals surface area contributed by atoms with Gasteiger partial charge in [0.05, 0.1) is 30.5 Å². The smallest absolute Gasteiger partial charge is 0.186 e. The zero-order chi connectivity index (χ0) is 33.5. The fraction of sp³-hybridized carbons (Fsp3) is 0.944. The van der Waals surface area contributed by atoms with E-state index in [0.29, 0.717) is 25.7 Å². The van der Waals surface area contributed by atoms with Gasteiger partial charge in [-0.1, -0.05) is 46.3 Å². The molecule has 5 aliphatic rings. The van der Waals surface area contributed by atoms with E-state index in [9.17, 15) is 35.7 Å². The summed E-state index contributed by atoms with van der Waals surface area (Å²) in [6.07, 6.45) is -0.603. The number of rotatable bonds is 7. The summed E-state index contributed by atoms with van der Waals surface area (Å²) in [6, 6.07) is 0. The molecule has 7 N–H and O–H groups in total. The van der Waals surface area contributed by atoms with Gasteiger partial charge in [0.2, 0.25) is 0 Å². The molecule has 4 aliphatic carbocycles. The molecule has 0 spiro atoms. The van der Waals surface area contributed by atoms with Crippen molar-refractivity contribution in [3.8, 4) is 0 Å². The van der Waals surface area contributed by atoms with Crippen molar-refractivity contribution >= 4 is 0 Å². The number of hydrogen-bond donors (Lipinski definition) is 7. The fourth-order valence-corrected chi connectivity index (χ4v) is 11.9. The van der Waals surface area contributed by atoms with E-state index in [1.165, 1.54) is 5.57 Å². The third-order valence-electron chi connectivity index (χ3n) is 14.4. The molecule has 260 valence electrons. The van der Waals surface area contributed by atoms with Crippen LogP contribution in [0.3, 0.4) is 0 Å². The van der Waals surface area contributed by atoms with Crippen LogP contribution in [0.25, 0.3) is 0 Å². The zero-order valence-electron chi connectivity index (χ0n) is 28.8. The second kappa shape index (κ2) is 12.1. The molecule has 45 heavy (non-hydrogen) atoms. The van der Waals surface area contributed by atoms with Gasteiger partial charge < -0.3 is 45.2 Å². The van der Waals surface area contributed by atoms with Gasteiger partial charge in [-0.05, 0) is 117 Å². The molecule has 0 aromatic heterocycles. The number of ether oxygens (including phenoxy) is 2. The lowest BCUT2D eigenvalue weighted by atomic mass is 9.34. The van der Waals surface area contributed by atoms with Crippen molar-refractivity contribution in [3.63, 3.8) is 0 Å². The zero-order valence-corrected chi connectivity index (χ0v) is 28.8. The first kappa shape index (κ1) is 35.7. The number of aliphatic hydroxyl groups is 7. The van der Waals surface area contributed by atoms with E-state index >= 15 is 0 Å². The quantitative estimate of drug-likeness (QED) is 0.164. The molecular weight excluding hydrogens is 576 g/mol. The number of aliphatic hydroxyl groups excluding tert-OH is 6. The Hall–Kier alpha value is -0.620. The van der Waals surface area contributed by atoms with Crippen LogP contribution in [0.5, 0.6) is 0 Å². The van der Waals surface area contributed by atoms with Gasteiger partial charge in [-0.15, -0.1) is 0 Å². The molecule has 9 nitrogen and oxygen atoms in total. The molecule has 0 aromatic rings. The molecule has 16 atom stereocenters. The summed E-state index contributed by atoms with van der Waals surface area (Å²) in [5.74, 6) is -0.186. The molecule has 4 saturated carbocycles. The van der Waals surface area contributed by atoms with Gasteiger partial charge in [0.25, 0.3) is 0 Å². The van der Waals surface area contributed by atoms with Crippen LogP contribution in [-0.2, 0) is 9.47 Å². The molecule has 1 heterocycles. The van der Waals surface area contributed by atoms with E-state index in [4.69, 9.17) is 9.47 Å². The van der Waals surface area contributed by atoms with Crippen LogP contribution >= 0.6 is 0 Å². The van der Waals surface area contributed by atoms with Crippen LogP contribution in [0.2, 0.25) is 0 Å². The highest BCUT2D eigenvalue weighted by Gasteiger charge is 2.73. The van der Waals surface area contributed by atoms with Crippen LogP contribution in [0.1, 0.15) is 107 Å². The summed E-state index contributed by atoms with van der Waals surface area (Å²) in [7, 11) is 0. The molecule has 0 aromatic carbocycles. The van der Waals surface area contributed by atoms with Crippen LogP contribution < -0.4 is 0 Å². The lowest BCUT2D eigenvalue weighted by Gasteiger charge is -2.72. The monoisotopic (exact) mass is 638 g/mol. The lowest BCUT2D eigenvalue weighted by molar-refractivity contribution is -0.346. The van der Waals surface area contributed by atoms with Crippen molar-refractivity contribution in [2.45, 2.75) is 161 Å². The minimum absolute atomic E-state index is 0.0548.